The molecule has 2 aromatic carbocycles. The molecule has 0 aliphatic carbocycles. The van der Waals surface area contributed by atoms with Crippen LogP contribution in [-0.2, 0) is 18.4 Å². The van der Waals surface area contributed by atoms with Gasteiger partial charge in [-0.05, 0) is 0 Å². The van der Waals surface area contributed by atoms with Crippen LogP contribution in [0, 0.1) is 11.6 Å². The molecule has 4 aromatic rings. The molecule has 33 heavy (non-hydrogen) atoms. The van der Waals surface area contributed by atoms with Gasteiger partial charge in [0.1, 0.15) is 0 Å². The van der Waals surface area contributed by atoms with Crippen molar-refractivity contribution in [1.29, 1.82) is 0 Å². The Morgan fingerprint density at radius 2 is 1.88 bits per heavy atom. The summed E-state index contributed by atoms with van der Waals surface area (Å²) < 4.78 is 31.8. The van der Waals surface area contributed by atoms with Gasteiger partial charge in [0.25, 0.3) is 0 Å². The normalized spacial score (nSPS) is 11.9. The number of aryl methyl sites for hydroxylation is 2. The van der Waals surface area contributed by atoms with Gasteiger partial charge < -0.3 is 0 Å². The van der Waals surface area contributed by atoms with E-state index in [0.717, 1.165) is 22.5 Å². The van der Waals surface area contributed by atoms with Crippen LogP contribution in [0.4, 0.5) is 14.5 Å². The predicted molar refractivity (Wildman–Crippen MR) is 127 cm³/mol. The molecule has 0 atom stereocenters. The number of nitrogens with zero attached hydrogens (tertiary/aromatic N) is 3. The number of pyridine rings is 1. The van der Waals surface area contributed by atoms with Crippen molar-refractivity contribution < 1.29 is 13.6 Å². The Morgan fingerprint density at radius 1 is 1.12 bits per heavy atom. The molecule has 1 amide bonds. The van der Waals surface area contributed by atoms with E-state index in [-0.39, 0.29) is 27.6 Å². The quantitative estimate of drug-likeness (QED) is 0.381. The first-order valence-corrected chi connectivity index (χ1v) is 13.4. The summed E-state index contributed by atoms with van der Waals surface area (Å²) in [6.07, 6.45) is 1.50. The number of hydrogen-bond donors (Lipinski definition) is 1. The van der Waals surface area contributed by atoms with E-state index in [1.54, 1.807) is 22.5 Å². The zero-order valence-corrected chi connectivity index (χ0v) is 21.7. The van der Waals surface area contributed by atoms with Crippen molar-refractivity contribution in [1.82, 2.24) is 14.3 Å². The van der Waals surface area contributed by atoms with Gasteiger partial charge in [-0.3, -0.25) is 0 Å². The predicted octanol–water partition coefficient (Wildman–Crippen LogP) is 3.74. The summed E-state index contributed by atoms with van der Waals surface area (Å²) in [5.41, 5.74) is 1.21. The van der Waals surface area contributed by atoms with Crippen molar-refractivity contribution in [3.8, 4) is 0 Å². The molecule has 9 heteroatoms. The summed E-state index contributed by atoms with van der Waals surface area (Å²) in [5, 5.41) is 8.09. The molecule has 2 aromatic heterocycles. The second-order valence-corrected chi connectivity index (χ2v) is 15.7. The molecule has 2 radical (unpaired) electrons. The van der Waals surface area contributed by atoms with Crippen LogP contribution >= 0.6 is 0 Å². The van der Waals surface area contributed by atoms with Crippen LogP contribution in [0.15, 0.2) is 47.4 Å². The fourth-order valence-corrected chi connectivity index (χ4v) is 7.42. The monoisotopic (exact) mass is 558 g/mol. The first kappa shape index (κ1) is 23.4. The van der Waals surface area contributed by atoms with Gasteiger partial charge in [-0.2, -0.15) is 0 Å². The van der Waals surface area contributed by atoms with E-state index >= 15 is 0 Å². The molecule has 1 N–H and O–H groups in total. The minimum atomic E-state index is -0.924. The number of rotatable bonds is 5. The average molecular weight is 557 g/mol. The van der Waals surface area contributed by atoms with E-state index in [1.165, 1.54) is 9.65 Å². The van der Waals surface area contributed by atoms with Crippen molar-refractivity contribution >= 4 is 58.1 Å². The van der Waals surface area contributed by atoms with Crippen LogP contribution in [0.5, 0.6) is 0 Å². The fourth-order valence-electron chi connectivity index (χ4n) is 3.87. The van der Waals surface area contributed by atoms with E-state index in [0.29, 0.717) is 11.5 Å². The third kappa shape index (κ3) is 4.95. The van der Waals surface area contributed by atoms with Crippen molar-refractivity contribution in [2.24, 2.45) is 7.05 Å². The topological polar surface area (TPSA) is 68.9 Å². The van der Waals surface area contributed by atoms with Crippen LogP contribution in [0.25, 0.3) is 21.8 Å². The Labute approximate surface area is 199 Å². The number of carbonyl (C=O) groups excluding carboxylic acids is 1. The van der Waals surface area contributed by atoms with Gasteiger partial charge in [0, 0.05) is 0 Å². The third-order valence-corrected chi connectivity index (χ3v) is 9.10. The molecule has 0 saturated carbocycles. The SMILES string of the molecule is Cn1ncc2c(=O)n(CCC(=O)Nc3ccc(F)cc3F)c3c[c]([Sn][C](C)(C)C)ccc3c21. The number of fused-ring (bicyclic) bond motifs is 3. The average Bonchev–Trinajstić information content (AvgIpc) is 3.11. The number of anilines is 1. The molecule has 6 nitrogen and oxygen atoms in total. The summed E-state index contributed by atoms with van der Waals surface area (Å²) in [6, 6.07) is 9.20. The molecule has 4 rings (SSSR count). The molecule has 0 bridgehead atoms. The summed E-state index contributed by atoms with van der Waals surface area (Å²) in [4.78, 5) is 25.8. The maximum absolute atomic E-state index is 13.9. The van der Waals surface area contributed by atoms with Crippen LogP contribution in [-0.4, -0.2) is 41.4 Å². The fraction of sp³-hybridized carbons (Fsp3) is 0.292. The number of halogens is 2. The Hall–Kier alpha value is -2.75. The zero-order valence-electron chi connectivity index (χ0n) is 18.9. The Kier molecular flexibility index (Phi) is 6.30. The van der Waals surface area contributed by atoms with Gasteiger partial charge in [-0.1, -0.05) is 0 Å². The van der Waals surface area contributed by atoms with Crippen molar-refractivity contribution in [2.75, 3.05) is 5.32 Å². The summed E-state index contributed by atoms with van der Waals surface area (Å²) in [5.74, 6) is -2.03. The van der Waals surface area contributed by atoms with Crippen LogP contribution in [0.3, 0.4) is 0 Å². The number of nitrogens with one attached hydrogen (secondary N) is 1. The number of aromatic nitrogens is 3. The van der Waals surface area contributed by atoms with E-state index < -0.39 is 38.7 Å². The van der Waals surface area contributed by atoms with E-state index in [9.17, 15) is 18.4 Å². The number of carbonyl (C=O) groups is 1. The van der Waals surface area contributed by atoms with Gasteiger partial charge in [0.05, 0.1) is 0 Å². The Bertz CT molecular complexity index is 1440. The van der Waals surface area contributed by atoms with Crippen molar-refractivity contribution in [3.05, 3.63) is 64.6 Å². The minimum absolute atomic E-state index is 0.0406. The molecule has 0 spiro atoms. The zero-order chi connectivity index (χ0) is 23.9. The first-order valence-electron chi connectivity index (χ1n) is 10.5. The molecule has 170 valence electrons. The van der Waals surface area contributed by atoms with Crippen LogP contribution < -0.4 is 14.5 Å². The molecular formula is C24H24F2N4O2Sn. The maximum atomic E-state index is 13.9. The Balaban J connectivity index is 1.71. The van der Waals surface area contributed by atoms with E-state index in [1.807, 2.05) is 6.07 Å². The molecule has 0 unspecified atom stereocenters. The molecule has 0 aliphatic heterocycles. The first-order chi connectivity index (χ1) is 15.5. The van der Waals surface area contributed by atoms with Crippen LogP contribution in [0.1, 0.15) is 27.2 Å². The third-order valence-electron chi connectivity index (χ3n) is 5.25. The number of benzene rings is 2. The van der Waals surface area contributed by atoms with Gasteiger partial charge in [0.15, 0.2) is 0 Å². The molecule has 0 fully saturated rings. The molecule has 0 saturated heterocycles. The molecular weight excluding hydrogens is 533 g/mol. The second-order valence-electron chi connectivity index (χ2n) is 9.02. The van der Waals surface area contributed by atoms with E-state index in [4.69, 9.17) is 0 Å². The van der Waals surface area contributed by atoms with Gasteiger partial charge in [0.2, 0.25) is 0 Å². The summed E-state index contributed by atoms with van der Waals surface area (Å²) >= 11 is -0.924. The number of hydrogen-bond acceptors (Lipinski definition) is 3. The van der Waals surface area contributed by atoms with Crippen molar-refractivity contribution in [3.63, 3.8) is 0 Å². The van der Waals surface area contributed by atoms with Crippen molar-refractivity contribution in [2.45, 2.75) is 37.2 Å². The second kappa shape index (κ2) is 8.89. The van der Waals surface area contributed by atoms with Crippen LogP contribution in [0.2, 0.25) is 3.43 Å². The molecule has 2 heterocycles. The summed E-state index contributed by atoms with van der Waals surface area (Å²) in [6.45, 7) is 6.79. The van der Waals surface area contributed by atoms with Gasteiger partial charge in [-0.15, -0.1) is 0 Å². The Morgan fingerprint density at radius 3 is 2.58 bits per heavy atom. The van der Waals surface area contributed by atoms with E-state index in [2.05, 4.69) is 43.3 Å². The van der Waals surface area contributed by atoms with Gasteiger partial charge in [-0.25, -0.2) is 4.39 Å². The standard InChI is InChI=1S/C20H15F2N4O2.C4H9.Sn/c1-25-19-13-4-2-3-5-17(13)26(20(28)14(19)11-23-25)9-8-18(27)24-16-7-6-12(21)10-15(16)22;1-4(2)3;/h2,4-7,10-11H,8-9H2,1H3,(H,24,27);1-3H3;. The molecule has 0 aliphatic rings. The number of amides is 1. The van der Waals surface area contributed by atoms with Gasteiger partial charge >= 0.3 is 196 Å². The summed E-state index contributed by atoms with van der Waals surface area (Å²) in [7, 11) is 1.80.